The maximum Gasteiger partial charge on any atom is 0.412 e. The van der Waals surface area contributed by atoms with E-state index in [4.69, 9.17) is 15.2 Å². The quantitative estimate of drug-likeness (QED) is 0.315. The van der Waals surface area contributed by atoms with Crippen molar-refractivity contribution in [2.75, 3.05) is 15.0 Å². The van der Waals surface area contributed by atoms with Crippen LogP contribution in [-0.4, -0.2) is 17.6 Å². The normalized spacial score (nSPS) is 10.9. The number of nitrogen functional groups attached to an aromatic ring is 1. The Kier molecular flexibility index (Phi) is 7.05. The van der Waals surface area contributed by atoms with E-state index in [9.17, 15) is 9.59 Å². The molecule has 0 heterocycles. The molecule has 166 valence electrons. The molecule has 3 aromatic rings. The van der Waals surface area contributed by atoms with Crippen molar-refractivity contribution in [1.82, 2.24) is 0 Å². The van der Waals surface area contributed by atoms with Crippen LogP contribution in [-0.2, 0) is 4.74 Å². The fraction of sp³-hybridized carbons (Fsp3) is 0.167. The Morgan fingerprint density at radius 1 is 0.969 bits per heavy atom. The Morgan fingerprint density at radius 2 is 1.69 bits per heavy atom. The van der Waals surface area contributed by atoms with Gasteiger partial charge in [-0.15, -0.1) is 0 Å². The molecule has 0 saturated heterocycles. The number of ether oxygens (including phenoxy) is 2. The van der Waals surface area contributed by atoms with Gasteiger partial charge in [0.05, 0.1) is 27.5 Å². The summed E-state index contributed by atoms with van der Waals surface area (Å²) in [7, 11) is 0. The van der Waals surface area contributed by atoms with Gasteiger partial charge < -0.3 is 15.2 Å². The number of nitrogens with two attached hydrogens (primary N) is 1. The molecule has 0 saturated carbocycles. The van der Waals surface area contributed by atoms with E-state index in [1.807, 2.05) is 30.3 Å². The van der Waals surface area contributed by atoms with Crippen molar-refractivity contribution in [2.45, 2.75) is 26.4 Å². The summed E-state index contributed by atoms with van der Waals surface area (Å²) in [5, 5.41) is 2.66. The molecule has 0 atom stereocenters. The first-order valence-electron chi connectivity index (χ1n) is 9.85. The van der Waals surface area contributed by atoms with Gasteiger partial charge in [-0.05, 0) is 63.2 Å². The van der Waals surface area contributed by atoms with Gasteiger partial charge in [-0.2, -0.15) is 0 Å². The minimum Gasteiger partial charge on any atom is -0.455 e. The summed E-state index contributed by atoms with van der Waals surface area (Å²) in [6.07, 6.45) is -0.560. The number of carbonyl (C=O) groups is 2. The van der Waals surface area contributed by atoms with Gasteiger partial charge in [0.1, 0.15) is 17.1 Å². The van der Waals surface area contributed by atoms with Gasteiger partial charge in [0.15, 0.2) is 0 Å². The number of rotatable bonds is 5. The summed E-state index contributed by atoms with van der Waals surface area (Å²) in [4.78, 5) is 24.7. The van der Waals surface area contributed by atoms with Crippen LogP contribution in [0.3, 0.4) is 0 Å². The third-order valence-electron chi connectivity index (χ3n) is 4.13. The number of anilines is 3. The van der Waals surface area contributed by atoms with E-state index >= 15 is 0 Å². The second-order valence-electron chi connectivity index (χ2n) is 7.93. The fourth-order valence-electron chi connectivity index (χ4n) is 2.75. The summed E-state index contributed by atoms with van der Waals surface area (Å²) in [6.45, 7) is 5.37. The largest absolute Gasteiger partial charge is 0.455 e. The second-order valence-corrected chi connectivity index (χ2v) is 8.64. The van der Waals surface area contributed by atoms with Crippen molar-refractivity contribution in [3.05, 3.63) is 78.4 Å². The summed E-state index contributed by atoms with van der Waals surface area (Å²) in [5.74, 6) is 0.588. The maximum atomic E-state index is 12.7. The van der Waals surface area contributed by atoms with Gasteiger partial charge in [0.2, 0.25) is 0 Å². The highest BCUT2D eigenvalue weighted by Crippen LogP contribution is 2.31. The molecule has 0 spiro atoms. The molecule has 0 aliphatic rings. The average molecular weight is 498 g/mol. The molecule has 7 nitrogen and oxygen atoms in total. The van der Waals surface area contributed by atoms with E-state index in [-0.39, 0.29) is 5.91 Å². The van der Waals surface area contributed by atoms with E-state index in [2.05, 4.69) is 21.5 Å². The molecule has 3 N–H and O–H groups in total. The third-order valence-corrected chi connectivity index (χ3v) is 4.86. The van der Waals surface area contributed by atoms with Crippen LogP contribution in [0, 0.1) is 0 Å². The predicted octanol–water partition coefficient (Wildman–Crippen LogP) is 6.36. The van der Waals surface area contributed by atoms with Crippen molar-refractivity contribution in [3.63, 3.8) is 0 Å². The molecule has 0 aromatic heterocycles. The number of hydrogen-bond donors (Lipinski definition) is 2. The van der Waals surface area contributed by atoms with Crippen LogP contribution in [0.2, 0.25) is 0 Å². The molecule has 32 heavy (non-hydrogen) atoms. The van der Waals surface area contributed by atoms with Gasteiger partial charge in [-0.3, -0.25) is 10.1 Å². The predicted molar refractivity (Wildman–Crippen MR) is 129 cm³/mol. The topological polar surface area (TPSA) is 93.9 Å². The van der Waals surface area contributed by atoms with E-state index in [0.29, 0.717) is 34.1 Å². The highest BCUT2D eigenvalue weighted by Gasteiger charge is 2.18. The lowest BCUT2D eigenvalue weighted by molar-refractivity contribution is 0.0635. The third kappa shape index (κ3) is 6.24. The molecule has 0 bridgehead atoms. The van der Waals surface area contributed by atoms with Gasteiger partial charge in [0.25, 0.3) is 5.91 Å². The number of nitrogens with zero attached hydrogens (tertiary/aromatic N) is 1. The molecule has 8 heteroatoms. The van der Waals surface area contributed by atoms with Crippen molar-refractivity contribution in [1.29, 1.82) is 0 Å². The van der Waals surface area contributed by atoms with Crippen LogP contribution < -0.4 is 19.7 Å². The number of hydrogen-bond acceptors (Lipinski definition) is 5. The minimum atomic E-state index is -0.600. The van der Waals surface area contributed by atoms with Gasteiger partial charge in [-0.1, -0.05) is 24.3 Å². The zero-order chi connectivity index (χ0) is 23.3. The average Bonchev–Trinajstić information content (AvgIpc) is 2.73. The molecule has 2 amide bonds. The molecule has 0 radical (unpaired) electrons. The monoisotopic (exact) mass is 497 g/mol. The van der Waals surface area contributed by atoms with Crippen LogP contribution in [0.1, 0.15) is 31.1 Å². The Morgan fingerprint density at radius 3 is 2.34 bits per heavy atom. The van der Waals surface area contributed by atoms with Crippen molar-refractivity contribution < 1.29 is 19.1 Å². The van der Waals surface area contributed by atoms with Crippen LogP contribution in [0.15, 0.2) is 72.8 Å². The van der Waals surface area contributed by atoms with Crippen LogP contribution in [0.5, 0.6) is 11.5 Å². The van der Waals surface area contributed by atoms with E-state index in [1.54, 1.807) is 63.2 Å². The van der Waals surface area contributed by atoms with Crippen molar-refractivity contribution in [3.8, 4) is 11.5 Å². The zero-order valence-corrected chi connectivity index (χ0v) is 19.5. The highest BCUT2D eigenvalue weighted by molar-refractivity contribution is 9.10. The molecular formula is C24H24BrN3O4. The first-order chi connectivity index (χ1) is 15.1. The molecule has 0 unspecified atom stereocenters. The summed E-state index contributed by atoms with van der Waals surface area (Å²) < 4.78 is 12.5. The van der Waals surface area contributed by atoms with Gasteiger partial charge >= 0.3 is 6.09 Å². The summed E-state index contributed by atoms with van der Waals surface area (Å²) in [5.41, 5.74) is 7.45. The van der Waals surface area contributed by atoms with Gasteiger partial charge in [-0.25, -0.2) is 8.72 Å². The lowest BCUT2D eigenvalue weighted by atomic mass is 10.1. The lowest BCUT2D eigenvalue weighted by Crippen LogP contribution is -2.27. The van der Waals surface area contributed by atoms with E-state index in [1.165, 1.54) is 3.93 Å². The van der Waals surface area contributed by atoms with E-state index in [0.717, 1.165) is 0 Å². The molecule has 0 aliphatic heterocycles. The Hall–Kier alpha value is -3.52. The van der Waals surface area contributed by atoms with Crippen molar-refractivity contribution in [2.24, 2.45) is 0 Å². The Balaban J connectivity index is 1.71. The van der Waals surface area contributed by atoms with Gasteiger partial charge in [0, 0.05) is 17.3 Å². The van der Waals surface area contributed by atoms with Crippen LogP contribution >= 0.6 is 16.1 Å². The minimum absolute atomic E-state index is 0.266. The first-order valence-corrected chi connectivity index (χ1v) is 10.6. The molecular weight excluding hydrogens is 474 g/mol. The number of para-hydroxylation sites is 1. The standard InChI is InChI=1S/C24H24BrN3O4/c1-24(2,3)32-23(30)27-17-8-7-11-19(15-17)31-21-13-12-16(14-20(21)26)22(29)28(25)18-9-5-4-6-10-18/h4-15H,26H2,1-3H3,(H,27,30). The maximum absolute atomic E-state index is 12.7. The van der Waals surface area contributed by atoms with Crippen molar-refractivity contribution >= 4 is 45.2 Å². The van der Waals surface area contributed by atoms with Crippen LogP contribution in [0.4, 0.5) is 21.9 Å². The number of benzene rings is 3. The number of halogens is 1. The SMILES string of the molecule is CC(C)(C)OC(=O)Nc1cccc(Oc2ccc(C(=O)N(Br)c3ccccc3)cc2N)c1. The molecule has 0 fully saturated rings. The number of carbonyl (C=O) groups excluding carboxylic acids is 2. The zero-order valence-electron chi connectivity index (χ0n) is 18.0. The fourth-order valence-corrected chi connectivity index (χ4v) is 3.19. The van der Waals surface area contributed by atoms with E-state index < -0.39 is 11.7 Å². The number of amides is 2. The molecule has 3 aromatic carbocycles. The lowest BCUT2D eigenvalue weighted by Gasteiger charge is -2.19. The highest BCUT2D eigenvalue weighted by atomic mass is 79.9. The smallest absolute Gasteiger partial charge is 0.412 e. The summed E-state index contributed by atoms with van der Waals surface area (Å²) in [6, 6.07) is 20.8. The first kappa shape index (κ1) is 23.1. The second kappa shape index (κ2) is 9.74. The summed E-state index contributed by atoms with van der Waals surface area (Å²) >= 11 is 3.30. The van der Waals surface area contributed by atoms with Crippen LogP contribution in [0.25, 0.3) is 0 Å². The number of nitrogens with one attached hydrogen (secondary N) is 1. The Labute approximate surface area is 195 Å². The molecule has 0 aliphatic carbocycles. The Bertz CT molecular complexity index is 1110. The molecule has 3 rings (SSSR count).